The van der Waals surface area contributed by atoms with Gasteiger partial charge < -0.3 is 9.80 Å². The number of hydrogen-bond donors (Lipinski definition) is 0. The van der Waals surface area contributed by atoms with E-state index in [4.69, 9.17) is 11.6 Å². The quantitative estimate of drug-likeness (QED) is 0.798. The molecule has 2 aromatic rings. The Morgan fingerprint density at radius 1 is 0.964 bits per heavy atom. The Morgan fingerprint density at radius 2 is 1.71 bits per heavy atom. The molecule has 1 aromatic heterocycles. The zero-order valence-electron chi connectivity index (χ0n) is 15.3. The average molecular weight is 398 g/mol. The monoisotopic (exact) mass is 397 g/mol. The van der Waals surface area contributed by atoms with Crippen LogP contribution in [0.1, 0.15) is 12.8 Å². The Bertz CT molecular complexity index is 893. The Kier molecular flexibility index (Phi) is 5.25. The van der Waals surface area contributed by atoms with Crippen LogP contribution in [0.3, 0.4) is 0 Å². The van der Waals surface area contributed by atoms with Crippen LogP contribution < -0.4 is 9.91 Å². The standard InChI is InChI=1S/C20H20ClN5O2/c21-15-4-6-16(7-5-15)26-19(27)9-8-17(23-26)20(28)25-13-11-24(12-14-25)18-3-1-2-10-22-18/h1-7,10H,8-9,11-14H2. The van der Waals surface area contributed by atoms with E-state index in [9.17, 15) is 9.59 Å². The van der Waals surface area contributed by atoms with Gasteiger partial charge in [-0.2, -0.15) is 5.10 Å². The molecule has 28 heavy (non-hydrogen) atoms. The molecule has 0 saturated carbocycles. The van der Waals surface area contributed by atoms with Gasteiger partial charge in [0, 0.05) is 50.2 Å². The van der Waals surface area contributed by atoms with Gasteiger partial charge in [-0.3, -0.25) is 9.59 Å². The maximum Gasteiger partial charge on any atom is 0.270 e. The lowest BCUT2D eigenvalue weighted by atomic mass is 10.1. The molecule has 0 spiro atoms. The minimum absolute atomic E-state index is 0.105. The first-order valence-corrected chi connectivity index (χ1v) is 9.61. The minimum atomic E-state index is -0.126. The van der Waals surface area contributed by atoms with Crippen molar-refractivity contribution in [2.75, 3.05) is 36.1 Å². The first-order chi connectivity index (χ1) is 13.6. The number of carbonyl (C=O) groups is 2. The summed E-state index contributed by atoms with van der Waals surface area (Å²) in [5.74, 6) is 0.690. The van der Waals surface area contributed by atoms with Crippen LogP contribution in [-0.4, -0.2) is 53.6 Å². The number of carbonyl (C=O) groups excluding carboxylic acids is 2. The summed E-state index contributed by atoms with van der Waals surface area (Å²) < 4.78 is 0. The summed E-state index contributed by atoms with van der Waals surface area (Å²) in [6, 6.07) is 12.7. The van der Waals surface area contributed by atoms with Gasteiger partial charge in [-0.15, -0.1) is 0 Å². The third kappa shape index (κ3) is 3.84. The summed E-state index contributed by atoms with van der Waals surface area (Å²) in [5, 5.41) is 6.24. The second-order valence-corrected chi connectivity index (χ2v) is 7.13. The second kappa shape index (κ2) is 7.98. The van der Waals surface area contributed by atoms with E-state index < -0.39 is 0 Å². The van der Waals surface area contributed by atoms with E-state index in [0.717, 1.165) is 18.9 Å². The second-order valence-electron chi connectivity index (χ2n) is 6.70. The maximum absolute atomic E-state index is 12.9. The van der Waals surface area contributed by atoms with Gasteiger partial charge in [-0.05, 0) is 36.4 Å². The fourth-order valence-electron chi connectivity index (χ4n) is 3.35. The molecule has 0 aliphatic carbocycles. The number of halogens is 1. The molecule has 0 unspecified atom stereocenters. The van der Waals surface area contributed by atoms with Crippen LogP contribution in [0.4, 0.5) is 11.5 Å². The number of rotatable bonds is 3. The zero-order chi connectivity index (χ0) is 19.5. The number of benzene rings is 1. The topological polar surface area (TPSA) is 69.1 Å². The van der Waals surface area contributed by atoms with Gasteiger partial charge in [0.2, 0.25) is 5.91 Å². The molecule has 144 valence electrons. The lowest BCUT2D eigenvalue weighted by molar-refractivity contribution is -0.124. The van der Waals surface area contributed by atoms with E-state index in [0.29, 0.717) is 35.9 Å². The van der Waals surface area contributed by atoms with Crippen LogP contribution in [0.25, 0.3) is 0 Å². The van der Waals surface area contributed by atoms with E-state index in [1.165, 1.54) is 5.01 Å². The van der Waals surface area contributed by atoms with Gasteiger partial charge in [0.25, 0.3) is 5.91 Å². The normalized spacial score (nSPS) is 17.5. The molecule has 1 saturated heterocycles. The van der Waals surface area contributed by atoms with Gasteiger partial charge in [0.15, 0.2) is 0 Å². The number of hydrazone groups is 1. The third-order valence-electron chi connectivity index (χ3n) is 4.89. The number of aromatic nitrogens is 1. The summed E-state index contributed by atoms with van der Waals surface area (Å²) in [6.07, 6.45) is 2.40. The van der Waals surface area contributed by atoms with Crippen molar-refractivity contribution < 1.29 is 9.59 Å². The number of pyridine rings is 1. The number of nitrogens with zero attached hydrogens (tertiary/aromatic N) is 5. The van der Waals surface area contributed by atoms with Crippen molar-refractivity contribution in [3.63, 3.8) is 0 Å². The highest BCUT2D eigenvalue weighted by Crippen LogP contribution is 2.23. The van der Waals surface area contributed by atoms with Crippen LogP contribution >= 0.6 is 11.6 Å². The molecule has 0 N–H and O–H groups in total. The molecule has 8 heteroatoms. The molecular formula is C20H20ClN5O2. The highest BCUT2D eigenvalue weighted by atomic mass is 35.5. The zero-order valence-corrected chi connectivity index (χ0v) is 16.0. The first-order valence-electron chi connectivity index (χ1n) is 9.23. The SMILES string of the molecule is O=C(C1=NN(c2ccc(Cl)cc2)C(=O)CC1)N1CCN(c2ccccn2)CC1. The maximum atomic E-state index is 12.9. The predicted octanol–water partition coefficient (Wildman–Crippen LogP) is 2.57. The molecule has 0 atom stereocenters. The van der Waals surface area contributed by atoms with E-state index >= 15 is 0 Å². The van der Waals surface area contributed by atoms with Crippen molar-refractivity contribution in [3.05, 3.63) is 53.7 Å². The van der Waals surface area contributed by atoms with Gasteiger partial charge in [0.1, 0.15) is 11.5 Å². The highest BCUT2D eigenvalue weighted by molar-refractivity contribution is 6.40. The number of hydrogen-bond acceptors (Lipinski definition) is 5. The highest BCUT2D eigenvalue weighted by Gasteiger charge is 2.30. The Balaban J connectivity index is 1.45. The van der Waals surface area contributed by atoms with Crippen LogP contribution in [0.2, 0.25) is 5.02 Å². The molecule has 2 aliphatic heterocycles. The fraction of sp³-hybridized carbons (Fsp3) is 0.300. The van der Waals surface area contributed by atoms with Gasteiger partial charge in [-0.1, -0.05) is 17.7 Å². The largest absolute Gasteiger partial charge is 0.353 e. The molecule has 0 radical (unpaired) electrons. The van der Waals surface area contributed by atoms with Crippen LogP contribution in [-0.2, 0) is 9.59 Å². The molecule has 0 bridgehead atoms. The Labute approximate surface area is 168 Å². The molecule has 4 rings (SSSR count). The van der Waals surface area contributed by atoms with Crippen molar-refractivity contribution in [3.8, 4) is 0 Å². The molecule has 7 nitrogen and oxygen atoms in total. The molecule has 1 fully saturated rings. The summed E-state index contributed by atoms with van der Waals surface area (Å²) in [5.41, 5.74) is 1.03. The molecule has 3 heterocycles. The number of anilines is 2. The van der Waals surface area contributed by atoms with E-state index in [-0.39, 0.29) is 18.2 Å². The first kappa shape index (κ1) is 18.4. The fourth-order valence-corrected chi connectivity index (χ4v) is 3.48. The summed E-state index contributed by atoms with van der Waals surface area (Å²) in [7, 11) is 0. The molecule has 2 aliphatic rings. The predicted molar refractivity (Wildman–Crippen MR) is 109 cm³/mol. The molecule has 1 aromatic carbocycles. The van der Waals surface area contributed by atoms with E-state index in [2.05, 4.69) is 15.0 Å². The smallest absolute Gasteiger partial charge is 0.270 e. The average Bonchev–Trinajstić information content (AvgIpc) is 2.75. The van der Waals surface area contributed by atoms with Gasteiger partial charge >= 0.3 is 0 Å². The Morgan fingerprint density at radius 3 is 2.39 bits per heavy atom. The summed E-state index contributed by atoms with van der Waals surface area (Å²) >= 11 is 5.92. The third-order valence-corrected chi connectivity index (χ3v) is 5.14. The van der Waals surface area contributed by atoms with Crippen LogP contribution in [0, 0.1) is 0 Å². The molecular weight excluding hydrogens is 378 g/mol. The van der Waals surface area contributed by atoms with Crippen LogP contribution in [0.15, 0.2) is 53.8 Å². The van der Waals surface area contributed by atoms with Crippen molar-refractivity contribution in [2.45, 2.75) is 12.8 Å². The Hall–Kier alpha value is -2.93. The van der Waals surface area contributed by atoms with E-state index in [1.54, 1.807) is 35.4 Å². The number of piperazine rings is 1. The van der Waals surface area contributed by atoms with Crippen molar-refractivity contribution >= 4 is 40.6 Å². The van der Waals surface area contributed by atoms with Gasteiger partial charge in [-0.25, -0.2) is 9.99 Å². The van der Waals surface area contributed by atoms with Gasteiger partial charge in [0.05, 0.1) is 5.69 Å². The van der Waals surface area contributed by atoms with Crippen molar-refractivity contribution in [1.29, 1.82) is 0 Å². The van der Waals surface area contributed by atoms with E-state index in [1.807, 2.05) is 18.2 Å². The van der Waals surface area contributed by atoms with Crippen LogP contribution in [0.5, 0.6) is 0 Å². The summed E-state index contributed by atoms with van der Waals surface area (Å²) in [4.78, 5) is 33.5. The van der Waals surface area contributed by atoms with Crippen molar-refractivity contribution in [2.24, 2.45) is 5.10 Å². The molecule has 2 amide bonds. The lowest BCUT2D eigenvalue weighted by Gasteiger charge is -2.36. The van der Waals surface area contributed by atoms with Crippen molar-refractivity contribution in [1.82, 2.24) is 9.88 Å². The summed E-state index contributed by atoms with van der Waals surface area (Å²) in [6.45, 7) is 2.64. The lowest BCUT2D eigenvalue weighted by Crippen LogP contribution is -2.51. The number of amides is 2. The minimum Gasteiger partial charge on any atom is -0.353 e.